The molecule has 206 valence electrons. The molecule has 9 rings (SSSR count). The van der Waals surface area contributed by atoms with Crippen molar-refractivity contribution in [3.63, 3.8) is 0 Å². The molecule has 0 aliphatic heterocycles. The zero-order valence-electron chi connectivity index (χ0n) is 23.8. The second-order valence-corrected chi connectivity index (χ2v) is 11.2. The van der Waals surface area contributed by atoms with E-state index < -0.39 is 0 Å². The monoisotopic (exact) mass is 562 g/mol. The quantitative estimate of drug-likeness (QED) is 0.200. The highest BCUT2D eigenvalue weighted by Crippen LogP contribution is 2.47. The number of rotatable bonds is 4. The lowest BCUT2D eigenvalue weighted by molar-refractivity contribution is 0.668. The predicted molar refractivity (Wildman–Crippen MR) is 184 cm³/mol. The Balaban J connectivity index is 1.39. The fourth-order valence-electron chi connectivity index (χ4n) is 6.71. The first-order valence-electron chi connectivity index (χ1n) is 14.9. The molecule has 0 saturated carbocycles. The van der Waals surface area contributed by atoms with Crippen molar-refractivity contribution in [2.24, 2.45) is 0 Å². The van der Waals surface area contributed by atoms with Gasteiger partial charge in [-0.1, -0.05) is 109 Å². The predicted octanol–water partition coefficient (Wildman–Crippen LogP) is 11.6. The van der Waals surface area contributed by atoms with Gasteiger partial charge in [0.05, 0.1) is 16.8 Å². The molecule has 2 heterocycles. The highest BCUT2D eigenvalue weighted by Gasteiger charge is 2.22. The highest BCUT2D eigenvalue weighted by molar-refractivity contribution is 6.22. The topological polar surface area (TPSA) is 29.3 Å². The molecular formula is C41H26N2O. The molecule has 44 heavy (non-hydrogen) atoms. The van der Waals surface area contributed by atoms with E-state index >= 15 is 0 Å². The van der Waals surface area contributed by atoms with Crippen LogP contribution in [-0.4, -0.2) is 4.98 Å². The molecule has 0 radical (unpaired) electrons. The lowest BCUT2D eigenvalue weighted by Crippen LogP contribution is -2.11. The summed E-state index contributed by atoms with van der Waals surface area (Å²) in [7, 11) is 0. The fourth-order valence-corrected chi connectivity index (χ4v) is 6.71. The SMILES string of the molecule is c1ccc(-c2ccc(N(c3cc4c5ccccc5ccc4c4ccccc34)c3cccc4oc5ccncc5c34)cc2)cc1. The molecule has 0 unspecified atom stereocenters. The Bertz CT molecular complexity index is 2490. The third kappa shape index (κ3) is 3.80. The number of aromatic nitrogens is 1. The van der Waals surface area contributed by atoms with E-state index in [2.05, 4.69) is 143 Å². The number of fused-ring (bicyclic) bond motifs is 8. The molecule has 0 atom stereocenters. The molecule has 0 aliphatic carbocycles. The van der Waals surface area contributed by atoms with Crippen LogP contribution in [0, 0.1) is 0 Å². The fraction of sp³-hybridized carbons (Fsp3) is 0. The van der Waals surface area contributed by atoms with E-state index in [1.807, 2.05) is 18.3 Å². The molecular weight excluding hydrogens is 536 g/mol. The Morgan fingerprint density at radius 3 is 2.05 bits per heavy atom. The van der Waals surface area contributed by atoms with Crippen molar-refractivity contribution in [1.82, 2.24) is 4.98 Å². The van der Waals surface area contributed by atoms with E-state index in [-0.39, 0.29) is 0 Å². The third-order valence-corrected chi connectivity index (χ3v) is 8.73. The molecule has 0 spiro atoms. The van der Waals surface area contributed by atoms with Crippen molar-refractivity contribution < 1.29 is 4.42 Å². The standard InChI is InChI=1S/C41H26N2O/c1-2-9-27(10-3-1)28-17-20-30(21-18-28)43(37-15-8-16-40-41(37)36-26-42-24-23-39(36)44-40)38-25-35-31-12-5-4-11-29(31)19-22-33(35)32-13-6-7-14-34(32)38/h1-26H. The summed E-state index contributed by atoms with van der Waals surface area (Å²) < 4.78 is 6.34. The van der Waals surface area contributed by atoms with Crippen molar-refractivity contribution in [3.05, 3.63) is 158 Å². The molecule has 0 N–H and O–H groups in total. The van der Waals surface area contributed by atoms with Gasteiger partial charge in [0.1, 0.15) is 11.2 Å². The minimum Gasteiger partial charge on any atom is -0.456 e. The average Bonchev–Trinajstić information content (AvgIpc) is 3.48. The van der Waals surface area contributed by atoms with Gasteiger partial charge in [0.2, 0.25) is 0 Å². The highest BCUT2D eigenvalue weighted by atomic mass is 16.3. The third-order valence-electron chi connectivity index (χ3n) is 8.73. The molecule has 0 fully saturated rings. The van der Waals surface area contributed by atoms with Gasteiger partial charge in [-0.05, 0) is 74.5 Å². The molecule has 0 bridgehead atoms. The summed E-state index contributed by atoms with van der Waals surface area (Å²) in [6, 6.07) is 51.9. The van der Waals surface area contributed by atoms with Crippen LogP contribution in [0.3, 0.4) is 0 Å². The van der Waals surface area contributed by atoms with Crippen LogP contribution in [0.1, 0.15) is 0 Å². The molecule has 7 aromatic carbocycles. The molecule has 9 aromatic rings. The van der Waals surface area contributed by atoms with Crippen molar-refractivity contribution >= 4 is 71.3 Å². The Morgan fingerprint density at radius 2 is 1.18 bits per heavy atom. The summed E-state index contributed by atoms with van der Waals surface area (Å²) in [5, 5.41) is 9.41. The zero-order chi connectivity index (χ0) is 29.0. The summed E-state index contributed by atoms with van der Waals surface area (Å²) in [5.41, 5.74) is 7.28. The maximum atomic E-state index is 6.34. The first-order chi connectivity index (χ1) is 21.8. The number of furan rings is 1. The summed E-state index contributed by atoms with van der Waals surface area (Å²) in [5.74, 6) is 0. The number of benzene rings is 7. The molecule has 0 saturated heterocycles. The lowest BCUT2D eigenvalue weighted by Gasteiger charge is -2.28. The van der Waals surface area contributed by atoms with E-state index in [0.29, 0.717) is 0 Å². The maximum absolute atomic E-state index is 6.34. The van der Waals surface area contributed by atoms with E-state index in [1.165, 1.54) is 43.4 Å². The zero-order valence-corrected chi connectivity index (χ0v) is 23.8. The van der Waals surface area contributed by atoms with E-state index in [9.17, 15) is 0 Å². The van der Waals surface area contributed by atoms with Gasteiger partial charge >= 0.3 is 0 Å². The summed E-state index contributed by atoms with van der Waals surface area (Å²) in [6.45, 7) is 0. The summed E-state index contributed by atoms with van der Waals surface area (Å²) in [6.07, 6.45) is 3.69. The first kappa shape index (κ1) is 24.6. The van der Waals surface area contributed by atoms with Gasteiger partial charge in [-0.3, -0.25) is 4.98 Å². The van der Waals surface area contributed by atoms with Crippen molar-refractivity contribution in [3.8, 4) is 11.1 Å². The number of anilines is 3. The molecule has 2 aromatic heterocycles. The number of hydrogen-bond donors (Lipinski definition) is 0. The van der Waals surface area contributed by atoms with Crippen LogP contribution in [0.15, 0.2) is 162 Å². The van der Waals surface area contributed by atoms with E-state index in [1.54, 1.807) is 6.20 Å². The largest absolute Gasteiger partial charge is 0.456 e. The second-order valence-electron chi connectivity index (χ2n) is 11.2. The Hall–Kier alpha value is -5.93. The first-order valence-corrected chi connectivity index (χ1v) is 14.9. The maximum Gasteiger partial charge on any atom is 0.138 e. The van der Waals surface area contributed by atoms with Crippen molar-refractivity contribution in [2.75, 3.05) is 4.90 Å². The Kier molecular flexibility index (Phi) is 5.50. The van der Waals surface area contributed by atoms with E-state index in [4.69, 9.17) is 4.42 Å². The van der Waals surface area contributed by atoms with Crippen LogP contribution in [0.2, 0.25) is 0 Å². The van der Waals surface area contributed by atoms with Gasteiger partial charge < -0.3 is 9.32 Å². The average molecular weight is 563 g/mol. The minimum absolute atomic E-state index is 0.830. The van der Waals surface area contributed by atoms with Gasteiger partial charge in [-0.15, -0.1) is 0 Å². The minimum atomic E-state index is 0.830. The van der Waals surface area contributed by atoms with Gasteiger partial charge in [-0.25, -0.2) is 0 Å². The summed E-state index contributed by atoms with van der Waals surface area (Å²) in [4.78, 5) is 6.86. The Labute approximate surface area is 254 Å². The van der Waals surface area contributed by atoms with Crippen LogP contribution < -0.4 is 4.90 Å². The molecule has 0 aliphatic rings. The van der Waals surface area contributed by atoms with E-state index in [0.717, 1.165) is 39.0 Å². The van der Waals surface area contributed by atoms with Crippen LogP contribution in [0.25, 0.3) is 65.4 Å². The van der Waals surface area contributed by atoms with Gasteiger partial charge in [0.15, 0.2) is 0 Å². The van der Waals surface area contributed by atoms with Gasteiger partial charge in [0.25, 0.3) is 0 Å². The van der Waals surface area contributed by atoms with Crippen LogP contribution >= 0.6 is 0 Å². The molecule has 3 heteroatoms. The van der Waals surface area contributed by atoms with Crippen molar-refractivity contribution in [2.45, 2.75) is 0 Å². The molecule has 0 amide bonds. The number of hydrogen-bond acceptors (Lipinski definition) is 3. The smallest absolute Gasteiger partial charge is 0.138 e. The van der Waals surface area contributed by atoms with Crippen LogP contribution in [-0.2, 0) is 0 Å². The second kappa shape index (κ2) is 9.82. The normalized spacial score (nSPS) is 11.6. The van der Waals surface area contributed by atoms with Gasteiger partial charge in [-0.2, -0.15) is 0 Å². The van der Waals surface area contributed by atoms with Crippen LogP contribution in [0.4, 0.5) is 17.1 Å². The summed E-state index contributed by atoms with van der Waals surface area (Å²) >= 11 is 0. The number of nitrogens with zero attached hydrogens (tertiary/aromatic N) is 2. The lowest BCUT2D eigenvalue weighted by atomic mass is 9.95. The number of pyridine rings is 1. The Morgan fingerprint density at radius 1 is 0.455 bits per heavy atom. The van der Waals surface area contributed by atoms with Gasteiger partial charge in [0, 0.05) is 28.9 Å². The molecule has 3 nitrogen and oxygen atoms in total. The van der Waals surface area contributed by atoms with Crippen molar-refractivity contribution in [1.29, 1.82) is 0 Å². The van der Waals surface area contributed by atoms with Crippen LogP contribution in [0.5, 0.6) is 0 Å².